The van der Waals surface area contributed by atoms with Crippen LogP contribution in [0.1, 0.15) is 20.8 Å². The van der Waals surface area contributed by atoms with Crippen molar-refractivity contribution in [3.63, 3.8) is 0 Å². The third-order valence-corrected chi connectivity index (χ3v) is 2.75. The van der Waals surface area contributed by atoms with E-state index < -0.39 is 7.75 Å². The zero-order chi connectivity index (χ0) is 10.5. The van der Waals surface area contributed by atoms with Gasteiger partial charge in [-0.25, -0.2) is 4.57 Å². The van der Waals surface area contributed by atoms with Crippen molar-refractivity contribution >= 4 is 13.6 Å². The Labute approximate surface area is 79.0 Å². The molecular weight excluding hydrogens is 191 g/mol. The van der Waals surface area contributed by atoms with Gasteiger partial charge in [0.25, 0.3) is 0 Å². The third-order valence-electron chi connectivity index (χ3n) is 1.73. The summed E-state index contributed by atoms with van der Waals surface area (Å²) in [5.41, 5.74) is 0. The summed E-state index contributed by atoms with van der Waals surface area (Å²) in [4.78, 5) is 10.9. The van der Waals surface area contributed by atoms with Crippen LogP contribution in [-0.4, -0.2) is 35.8 Å². The molecule has 0 saturated heterocycles. The molecule has 0 aromatic heterocycles. The van der Waals surface area contributed by atoms with E-state index in [2.05, 4.69) is 9.29 Å². The zero-order valence-electron chi connectivity index (χ0n) is 8.52. The van der Waals surface area contributed by atoms with Gasteiger partial charge in [-0.3, -0.25) is 4.52 Å². The molecule has 13 heavy (non-hydrogen) atoms. The average molecular weight is 208 g/mol. The highest BCUT2D eigenvalue weighted by Crippen LogP contribution is 2.42. The maximum absolute atomic E-state index is 11.0. The molecule has 0 aliphatic rings. The molecular formula is C7H17N2O3P. The van der Waals surface area contributed by atoms with Crippen molar-refractivity contribution in [1.82, 2.24) is 4.90 Å². The van der Waals surface area contributed by atoms with Crippen molar-refractivity contribution in [1.29, 1.82) is 0 Å². The second-order valence-corrected chi connectivity index (χ2v) is 4.04. The molecule has 0 aromatic carbocycles. The predicted octanol–water partition coefficient (Wildman–Crippen LogP) is 1.49. The highest BCUT2D eigenvalue weighted by Gasteiger charge is 2.16. The predicted molar refractivity (Wildman–Crippen MR) is 52.9 cm³/mol. The summed E-state index contributed by atoms with van der Waals surface area (Å²) >= 11 is 0. The van der Waals surface area contributed by atoms with Crippen LogP contribution in [0.25, 0.3) is 0 Å². The summed E-state index contributed by atoms with van der Waals surface area (Å²) in [7, 11) is -2.60. The van der Waals surface area contributed by atoms with Gasteiger partial charge in [-0.05, 0) is 20.8 Å². The van der Waals surface area contributed by atoms with Crippen molar-refractivity contribution in [2.75, 3.05) is 20.2 Å². The van der Waals surface area contributed by atoms with E-state index in [9.17, 15) is 4.57 Å². The quantitative estimate of drug-likeness (QED) is 0.432. The van der Waals surface area contributed by atoms with Gasteiger partial charge in [0.05, 0.1) is 0 Å². The Bertz CT molecular complexity index is 226. The number of hydrogen-bond acceptors (Lipinski definition) is 2. The fraction of sp³-hybridized carbons (Fsp3) is 0.857. The molecule has 0 radical (unpaired) electrons. The Kier molecular flexibility index (Phi) is 5.21. The lowest BCUT2D eigenvalue weighted by Crippen LogP contribution is -2.28. The third kappa shape index (κ3) is 4.41. The maximum Gasteiger partial charge on any atom is 0.452 e. The molecule has 0 heterocycles. The number of hydrogen-bond donors (Lipinski definition) is 1. The number of nitrogens with zero attached hydrogens (tertiary/aromatic N) is 2. The first kappa shape index (κ1) is 12.6. The highest BCUT2D eigenvalue weighted by atomic mass is 31.2. The van der Waals surface area contributed by atoms with Gasteiger partial charge in [-0.1, -0.05) is 0 Å². The molecule has 5 nitrogen and oxygen atoms in total. The summed E-state index contributed by atoms with van der Waals surface area (Å²) in [5, 5.41) is 0. The minimum absolute atomic E-state index is 0.526. The van der Waals surface area contributed by atoms with E-state index >= 15 is 0 Å². The molecule has 0 aromatic rings. The lowest BCUT2D eigenvalue weighted by Gasteiger charge is -2.20. The van der Waals surface area contributed by atoms with Crippen LogP contribution in [0.5, 0.6) is 0 Å². The molecule has 0 bridgehead atoms. The molecule has 0 saturated carbocycles. The summed E-state index contributed by atoms with van der Waals surface area (Å²) in [6, 6.07) is 0. The Morgan fingerprint density at radius 1 is 1.54 bits per heavy atom. The van der Waals surface area contributed by atoms with Gasteiger partial charge in [0.15, 0.2) is 0 Å². The summed E-state index contributed by atoms with van der Waals surface area (Å²) in [6.45, 7) is 7.12. The molecule has 6 heteroatoms. The standard InChI is InChI=1S/C7H17N2O3P/c1-5-9(6-2)7(3)8-13(10,11)12-4/h5-6H2,1-4H3,(H,10,11)/b8-7+. The molecule has 0 fully saturated rings. The lowest BCUT2D eigenvalue weighted by atomic mass is 10.5. The molecule has 0 aliphatic carbocycles. The van der Waals surface area contributed by atoms with Gasteiger partial charge >= 0.3 is 7.75 Å². The first-order valence-electron chi connectivity index (χ1n) is 4.17. The van der Waals surface area contributed by atoms with Crippen LogP contribution < -0.4 is 0 Å². The fourth-order valence-corrected chi connectivity index (χ4v) is 1.54. The van der Waals surface area contributed by atoms with E-state index in [4.69, 9.17) is 4.89 Å². The van der Waals surface area contributed by atoms with Gasteiger partial charge in [0, 0.05) is 20.2 Å². The molecule has 0 amide bonds. The maximum atomic E-state index is 11.0. The topological polar surface area (TPSA) is 62.1 Å². The van der Waals surface area contributed by atoms with Crippen LogP contribution in [0, 0.1) is 0 Å². The largest absolute Gasteiger partial charge is 0.452 e. The Hall–Kier alpha value is -0.380. The summed E-state index contributed by atoms with van der Waals surface area (Å²) in [6.07, 6.45) is 0. The monoisotopic (exact) mass is 208 g/mol. The molecule has 1 atom stereocenters. The molecule has 78 valence electrons. The minimum Gasteiger partial charge on any atom is -0.361 e. The van der Waals surface area contributed by atoms with Crippen LogP contribution in [0.4, 0.5) is 0 Å². The normalized spacial score (nSPS) is 16.8. The second-order valence-electron chi connectivity index (χ2n) is 2.49. The van der Waals surface area contributed by atoms with Crippen LogP contribution in [0.2, 0.25) is 0 Å². The Balaban J connectivity index is 4.55. The van der Waals surface area contributed by atoms with Gasteiger partial charge < -0.3 is 9.79 Å². The molecule has 0 rings (SSSR count). The van der Waals surface area contributed by atoms with E-state index in [1.54, 1.807) is 6.92 Å². The van der Waals surface area contributed by atoms with Crippen LogP contribution in [-0.2, 0) is 9.09 Å². The molecule has 0 aliphatic heterocycles. The second kappa shape index (κ2) is 5.37. The first-order chi connectivity index (χ1) is 5.96. The summed E-state index contributed by atoms with van der Waals surface area (Å²) < 4.78 is 19.0. The van der Waals surface area contributed by atoms with Gasteiger partial charge in [-0.15, -0.1) is 0 Å². The van der Waals surface area contributed by atoms with E-state index in [0.29, 0.717) is 5.84 Å². The zero-order valence-corrected chi connectivity index (χ0v) is 9.41. The van der Waals surface area contributed by atoms with E-state index in [1.165, 1.54) is 7.11 Å². The van der Waals surface area contributed by atoms with E-state index in [0.717, 1.165) is 13.1 Å². The Morgan fingerprint density at radius 2 is 2.00 bits per heavy atom. The van der Waals surface area contributed by atoms with Crippen LogP contribution in [0.15, 0.2) is 4.76 Å². The van der Waals surface area contributed by atoms with E-state index in [-0.39, 0.29) is 0 Å². The van der Waals surface area contributed by atoms with E-state index in [1.807, 2.05) is 18.7 Å². The van der Waals surface area contributed by atoms with Crippen molar-refractivity contribution in [3.05, 3.63) is 0 Å². The van der Waals surface area contributed by atoms with Crippen molar-refractivity contribution in [2.24, 2.45) is 4.76 Å². The first-order valence-corrected chi connectivity index (χ1v) is 5.70. The smallest absolute Gasteiger partial charge is 0.361 e. The van der Waals surface area contributed by atoms with Gasteiger partial charge in [-0.2, -0.15) is 4.76 Å². The van der Waals surface area contributed by atoms with Gasteiger partial charge in [0.2, 0.25) is 0 Å². The SMILES string of the molecule is CCN(CC)/C(C)=N/P(=O)(O)OC. The fourth-order valence-electron chi connectivity index (χ4n) is 0.968. The van der Waals surface area contributed by atoms with Crippen molar-refractivity contribution in [2.45, 2.75) is 20.8 Å². The number of amidine groups is 1. The van der Waals surface area contributed by atoms with Crippen LogP contribution >= 0.6 is 7.75 Å². The Morgan fingerprint density at radius 3 is 2.31 bits per heavy atom. The average Bonchev–Trinajstić information content (AvgIpc) is 2.06. The number of rotatable bonds is 4. The van der Waals surface area contributed by atoms with Crippen molar-refractivity contribution < 1.29 is 14.0 Å². The minimum atomic E-state index is -3.76. The molecule has 1 N–H and O–H groups in total. The molecule has 1 unspecified atom stereocenters. The lowest BCUT2D eigenvalue weighted by molar-refractivity contribution is 0.316. The van der Waals surface area contributed by atoms with Crippen LogP contribution in [0.3, 0.4) is 0 Å². The highest BCUT2D eigenvalue weighted by molar-refractivity contribution is 7.51. The van der Waals surface area contributed by atoms with Gasteiger partial charge in [0.1, 0.15) is 5.84 Å². The van der Waals surface area contributed by atoms with Crippen molar-refractivity contribution in [3.8, 4) is 0 Å². The molecule has 0 spiro atoms. The summed E-state index contributed by atoms with van der Waals surface area (Å²) in [5.74, 6) is 0.526.